The first-order valence-electron chi connectivity index (χ1n) is 5.13. The summed E-state index contributed by atoms with van der Waals surface area (Å²) in [6, 6.07) is 7.15. The van der Waals surface area contributed by atoms with Crippen molar-refractivity contribution >= 4 is 11.8 Å². The van der Waals surface area contributed by atoms with E-state index in [1.54, 1.807) is 12.1 Å². The van der Waals surface area contributed by atoms with Crippen LogP contribution in [-0.4, -0.2) is 12.3 Å². The molecular weight excluding hydrogens is 193 g/mol. The number of aliphatic imine (C=N–C) groups is 1. The SMILES string of the molecule is O=C=Nc1ccc(C2CCCC2F)cc1. The van der Waals surface area contributed by atoms with E-state index in [2.05, 4.69) is 4.99 Å². The van der Waals surface area contributed by atoms with Crippen LogP contribution in [0, 0.1) is 0 Å². The van der Waals surface area contributed by atoms with Crippen molar-refractivity contribution in [1.29, 1.82) is 0 Å². The van der Waals surface area contributed by atoms with Crippen molar-refractivity contribution in [3.8, 4) is 0 Å². The van der Waals surface area contributed by atoms with Gasteiger partial charge in [-0.15, -0.1) is 0 Å². The number of hydrogen-bond acceptors (Lipinski definition) is 2. The van der Waals surface area contributed by atoms with Gasteiger partial charge in [0.25, 0.3) is 0 Å². The van der Waals surface area contributed by atoms with Gasteiger partial charge in [0, 0.05) is 5.92 Å². The smallest absolute Gasteiger partial charge is 0.240 e. The van der Waals surface area contributed by atoms with Crippen LogP contribution in [-0.2, 0) is 4.79 Å². The average molecular weight is 205 g/mol. The third kappa shape index (κ3) is 2.13. The molecule has 0 amide bonds. The molecule has 1 aromatic carbocycles. The summed E-state index contributed by atoms with van der Waals surface area (Å²) in [6.07, 6.45) is 3.30. The number of halogens is 1. The molecule has 2 atom stereocenters. The van der Waals surface area contributed by atoms with Gasteiger partial charge in [-0.3, -0.25) is 0 Å². The number of isocyanates is 1. The molecule has 2 unspecified atom stereocenters. The topological polar surface area (TPSA) is 29.4 Å². The van der Waals surface area contributed by atoms with E-state index in [1.165, 1.54) is 6.08 Å². The highest BCUT2D eigenvalue weighted by atomic mass is 19.1. The summed E-state index contributed by atoms with van der Waals surface area (Å²) >= 11 is 0. The summed E-state index contributed by atoms with van der Waals surface area (Å²) in [7, 11) is 0. The molecule has 15 heavy (non-hydrogen) atoms. The molecule has 2 nitrogen and oxygen atoms in total. The third-order valence-electron chi connectivity index (χ3n) is 2.93. The van der Waals surface area contributed by atoms with Crippen molar-refractivity contribution in [2.24, 2.45) is 4.99 Å². The Morgan fingerprint density at radius 3 is 2.53 bits per heavy atom. The molecule has 0 bridgehead atoms. The van der Waals surface area contributed by atoms with E-state index in [4.69, 9.17) is 0 Å². The molecule has 78 valence electrons. The third-order valence-corrected chi connectivity index (χ3v) is 2.93. The molecule has 1 aromatic rings. The summed E-state index contributed by atoms with van der Waals surface area (Å²) in [4.78, 5) is 13.5. The van der Waals surface area contributed by atoms with Gasteiger partial charge in [0.15, 0.2) is 0 Å². The fraction of sp³-hybridized carbons (Fsp3) is 0.417. The Labute approximate surface area is 87.8 Å². The van der Waals surface area contributed by atoms with Crippen LogP contribution in [0.4, 0.5) is 10.1 Å². The summed E-state index contributed by atoms with van der Waals surface area (Å²) in [5.74, 6) is 0.0271. The maximum Gasteiger partial charge on any atom is 0.240 e. The first-order chi connectivity index (χ1) is 7.31. The highest BCUT2D eigenvalue weighted by Gasteiger charge is 2.27. The summed E-state index contributed by atoms with van der Waals surface area (Å²) in [5, 5.41) is 0. The molecule has 0 aliphatic heterocycles. The number of benzene rings is 1. The van der Waals surface area contributed by atoms with Crippen molar-refractivity contribution in [3.05, 3.63) is 29.8 Å². The monoisotopic (exact) mass is 205 g/mol. The molecule has 1 fully saturated rings. The van der Waals surface area contributed by atoms with Crippen molar-refractivity contribution in [1.82, 2.24) is 0 Å². The molecular formula is C12H12FNO. The van der Waals surface area contributed by atoms with Crippen LogP contribution in [0.25, 0.3) is 0 Å². The van der Waals surface area contributed by atoms with E-state index in [1.807, 2.05) is 12.1 Å². The molecule has 1 aliphatic rings. The van der Waals surface area contributed by atoms with Crippen molar-refractivity contribution < 1.29 is 9.18 Å². The molecule has 0 aromatic heterocycles. The second-order valence-corrected chi connectivity index (χ2v) is 3.85. The van der Waals surface area contributed by atoms with Gasteiger partial charge in [0.1, 0.15) is 6.17 Å². The van der Waals surface area contributed by atoms with E-state index >= 15 is 0 Å². The molecule has 1 saturated carbocycles. The lowest BCUT2D eigenvalue weighted by Crippen LogP contribution is -2.05. The number of carbonyl (C=O) groups excluding carboxylic acids is 1. The van der Waals surface area contributed by atoms with E-state index in [0.29, 0.717) is 12.1 Å². The quantitative estimate of drug-likeness (QED) is 0.538. The second kappa shape index (κ2) is 4.37. The highest BCUT2D eigenvalue weighted by molar-refractivity contribution is 5.49. The Balaban J connectivity index is 2.19. The van der Waals surface area contributed by atoms with Gasteiger partial charge in [0.05, 0.1) is 5.69 Å². The van der Waals surface area contributed by atoms with Gasteiger partial charge in [-0.25, -0.2) is 9.18 Å². The van der Waals surface area contributed by atoms with Gasteiger partial charge in [-0.2, -0.15) is 4.99 Å². The zero-order chi connectivity index (χ0) is 10.7. The van der Waals surface area contributed by atoms with E-state index < -0.39 is 6.17 Å². The predicted octanol–water partition coefficient (Wildman–Crippen LogP) is 3.26. The molecule has 0 N–H and O–H groups in total. The fourth-order valence-electron chi connectivity index (χ4n) is 2.14. The fourth-order valence-corrected chi connectivity index (χ4v) is 2.14. The largest absolute Gasteiger partial charge is 0.247 e. The van der Waals surface area contributed by atoms with Crippen LogP contribution in [0.2, 0.25) is 0 Å². The summed E-state index contributed by atoms with van der Waals surface area (Å²) in [6.45, 7) is 0. The molecule has 0 spiro atoms. The first-order valence-corrected chi connectivity index (χ1v) is 5.13. The van der Waals surface area contributed by atoms with Crippen molar-refractivity contribution in [2.75, 3.05) is 0 Å². The van der Waals surface area contributed by atoms with Crippen LogP contribution in [0.15, 0.2) is 29.3 Å². The minimum Gasteiger partial charge on any atom is -0.247 e. The van der Waals surface area contributed by atoms with Crippen LogP contribution < -0.4 is 0 Å². The van der Waals surface area contributed by atoms with Crippen LogP contribution in [0.3, 0.4) is 0 Å². The Bertz CT molecular complexity index is 381. The Morgan fingerprint density at radius 1 is 1.27 bits per heavy atom. The minimum absolute atomic E-state index is 0.0271. The molecule has 3 heteroatoms. The van der Waals surface area contributed by atoms with Gasteiger partial charge < -0.3 is 0 Å². The number of nitrogens with zero attached hydrogens (tertiary/aromatic N) is 1. The van der Waals surface area contributed by atoms with Gasteiger partial charge in [-0.05, 0) is 37.0 Å². The van der Waals surface area contributed by atoms with Crippen LogP contribution >= 0.6 is 0 Å². The molecule has 0 heterocycles. The number of rotatable bonds is 2. The predicted molar refractivity (Wildman–Crippen MR) is 55.7 cm³/mol. The zero-order valence-corrected chi connectivity index (χ0v) is 8.32. The first kappa shape index (κ1) is 10.1. The second-order valence-electron chi connectivity index (χ2n) is 3.85. The maximum absolute atomic E-state index is 13.4. The van der Waals surface area contributed by atoms with E-state index in [9.17, 15) is 9.18 Å². The van der Waals surface area contributed by atoms with Crippen molar-refractivity contribution in [2.45, 2.75) is 31.4 Å². The van der Waals surface area contributed by atoms with Gasteiger partial charge in [0.2, 0.25) is 6.08 Å². The normalized spacial score (nSPS) is 24.9. The Morgan fingerprint density at radius 2 is 2.00 bits per heavy atom. The van der Waals surface area contributed by atoms with Gasteiger partial charge in [-0.1, -0.05) is 12.1 Å². The van der Waals surface area contributed by atoms with Crippen LogP contribution in [0.5, 0.6) is 0 Å². The zero-order valence-electron chi connectivity index (χ0n) is 8.32. The summed E-state index contributed by atoms with van der Waals surface area (Å²) in [5.41, 5.74) is 1.58. The lowest BCUT2D eigenvalue weighted by atomic mass is 9.96. The lowest BCUT2D eigenvalue weighted by Gasteiger charge is -2.12. The van der Waals surface area contributed by atoms with E-state index in [0.717, 1.165) is 18.4 Å². The Hall–Kier alpha value is -1.47. The number of alkyl halides is 1. The van der Waals surface area contributed by atoms with Gasteiger partial charge >= 0.3 is 0 Å². The van der Waals surface area contributed by atoms with Crippen molar-refractivity contribution in [3.63, 3.8) is 0 Å². The Kier molecular flexibility index (Phi) is 2.93. The highest BCUT2D eigenvalue weighted by Crippen LogP contribution is 2.37. The van der Waals surface area contributed by atoms with E-state index in [-0.39, 0.29) is 5.92 Å². The van der Waals surface area contributed by atoms with Crippen LogP contribution in [0.1, 0.15) is 30.7 Å². The lowest BCUT2D eigenvalue weighted by molar-refractivity contribution is 0.312. The molecule has 0 saturated heterocycles. The standard InChI is InChI=1S/C12H12FNO/c13-12-3-1-2-11(12)9-4-6-10(7-5-9)14-8-15/h4-7,11-12H,1-3H2. The maximum atomic E-state index is 13.4. The minimum atomic E-state index is -0.717. The molecule has 0 radical (unpaired) electrons. The summed E-state index contributed by atoms with van der Waals surface area (Å²) < 4.78 is 13.4. The number of hydrogen-bond donors (Lipinski definition) is 0. The average Bonchev–Trinajstić information content (AvgIpc) is 2.66. The molecule has 1 aliphatic carbocycles. The molecule has 2 rings (SSSR count).